The molecule has 0 spiro atoms. The van der Waals surface area contributed by atoms with E-state index in [-0.39, 0.29) is 5.91 Å². The highest BCUT2D eigenvalue weighted by Crippen LogP contribution is 2.29. The molecule has 0 bridgehead atoms. The van der Waals surface area contributed by atoms with Gasteiger partial charge in [-0.2, -0.15) is 0 Å². The Hall–Kier alpha value is -2.50. The van der Waals surface area contributed by atoms with E-state index < -0.39 is 6.10 Å². The molecule has 1 aromatic heterocycles. The third kappa shape index (κ3) is 4.97. The number of halogens is 2. The van der Waals surface area contributed by atoms with Crippen LogP contribution < -0.4 is 15.0 Å². The van der Waals surface area contributed by atoms with Crippen molar-refractivity contribution in [2.45, 2.75) is 33.8 Å². The van der Waals surface area contributed by atoms with Gasteiger partial charge in [0.15, 0.2) is 6.10 Å². The highest BCUT2D eigenvalue weighted by molar-refractivity contribution is 6.35. The van der Waals surface area contributed by atoms with Crippen molar-refractivity contribution in [3.63, 3.8) is 0 Å². The lowest BCUT2D eigenvalue weighted by molar-refractivity contribution is -0.122. The predicted molar refractivity (Wildman–Crippen MR) is 125 cm³/mol. The molecule has 1 unspecified atom stereocenters. The van der Waals surface area contributed by atoms with E-state index >= 15 is 0 Å². The SMILES string of the molecule is CCN(CC)c1cc(C)c2cc(NC(=O)C(C)Oc3ccc(Cl)cc3Cl)ccc2n1. The first-order valence-corrected chi connectivity index (χ1v) is 10.7. The van der Waals surface area contributed by atoms with Crippen LogP contribution in [0.4, 0.5) is 11.5 Å². The molecule has 158 valence electrons. The molecule has 2 aromatic carbocycles. The fraction of sp³-hybridized carbons (Fsp3) is 0.304. The molecule has 1 N–H and O–H groups in total. The first-order chi connectivity index (χ1) is 14.3. The number of hydrogen-bond acceptors (Lipinski definition) is 4. The van der Waals surface area contributed by atoms with Crippen LogP contribution in [0.15, 0.2) is 42.5 Å². The second-order valence-corrected chi connectivity index (χ2v) is 7.87. The molecule has 0 aliphatic heterocycles. The summed E-state index contributed by atoms with van der Waals surface area (Å²) in [6.07, 6.45) is -0.733. The summed E-state index contributed by atoms with van der Waals surface area (Å²) < 4.78 is 5.69. The second-order valence-electron chi connectivity index (χ2n) is 7.03. The number of carbonyl (C=O) groups excluding carboxylic acids is 1. The number of amides is 1. The minimum Gasteiger partial charge on any atom is -0.479 e. The number of aryl methyl sites for hydroxylation is 1. The number of pyridine rings is 1. The lowest BCUT2D eigenvalue weighted by Crippen LogP contribution is -2.30. The third-order valence-corrected chi connectivity index (χ3v) is 5.45. The fourth-order valence-electron chi connectivity index (χ4n) is 3.22. The van der Waals surface area contributed by atoms with Gasteiger partial charge in [0.2, 0.25) is 0 Å². The quantitative estimate of drug-likeness (QED) is 0.476. The molecule has 1 amide bonds. The first-order valence-electron chi connectivity index (χ1n) is 9.91. The molecule has 3 aromatic rings. The smallest absolute Gasteiger partial charge is 0.265 e. The first kappa shape index (κ1) is 22.2. The topological polar surface area (TPSA) is 54.5 Å². The average molecular weight is 446 g/mol. The lowest BCUT2D eigenvalue weighted by Gasteiger charge is -2.21. The van der Waals surface area contributed by atoms with Gasteiger partial charge in [0.05, 0.1) is 10.5 Å². The molecular weight excluding hydrogens is 421 g/mol. The Balaban J connectivity index is 1.77. The predicted octanol–water partition coefficient (Wildman–Crippen LogP) is 6.10. The van der Waals surface area contributed by atoms with E-state index in [9.17, 15) is 4.79 Å². The fourth-order valence-corrected chi connectivity index (χ4v) is 3.68. The summed E-state index contributed by atoms with van der Waals surface area (Å²) in [6, 6.07) is 12.7. The Morgan fingerprint density at radius 1 is 1.13 bits per heavy atom. The molecule has 3 rings (SSSR count). The van der Waals surface area contributed by atoms with Gasteiger partial charge in [-0.25, -0.2) is 4.98 Å². The molecule has 0 saturated heterocycles. The number of carbonyl (C=O) groups is 1. The molecule has 1 atom stereocenters. The Labute approximate surface area is 187 Å². The standard InChI is InChI=1S/C23H25Cl2N3O2/c1-5-28(6-2)22-11-14(3)18-13-17(8-9-20(18)27-22)26-23(29)15(4)30-21-10-7-16(24)12-19(21)25/h7-13,15H,5-6H2,1-4H3,(H,26,29). The number of fused-ring (bicyclic) bond motifs is 1. The Bertz CT molecular complexity index is 1070. The van der Waals surface area contributed by atoms with E-state index in [1.54, 1.807) is 25.1 Å². The Morgan fingerprint density at radius 2 is 1.87 bits per heavy atom. The molecular formula is C23H25Cl2N3O2. The minimum atomic E-state index is -0.733. The number of aromatic nitrogens is 1. The molecule has 5 nitrogen and oxygen atoms in total. The van der Waals surface area contributed by atoms with Crippen molar-refractivity contribution in [2.75, 3.05) is 23.3 Å². The number of anilines is 2. The van der Waals surface area contributed by atoms with E-state index in [2.05, 4.69) is 37.1 Å². The van der Waals surface area contributed by atoms with Crippen LogP contribution in [-0.2, 0) is 4.79 Å². The van der Waals surface area contributed by atoms with Crippen LogP contribution in [0.5, 0.6) is 5.75 Å². The number of nitrogens with one attached hydrogen (secondary N) is 1. The van der Waals surface area contributed by atoms with Crippen LogP contribution in [-0.4, -0.2) is 30.1 Å². The van der Waals surface area contributed by atoms with Gasteiger partial charge >= 0.3 is 0 Å². The summed E-state index contributed by atoms with van der Waals surface area (Å²) in [5.74, 6) is 1.10. The van der Waals surface area contributed by atoms with Crippen LogP contribution in [0, 0.1) is 6.92 Å². The highest BCUT2D eigenvalue weighted by atomic mass is 35.5. The van der Waals surface area contributed by atoms with Gasteiger partial charge in [0.25, 0.3) is 5.91 Å². The molecule has 7 heteroatoms. The summed E-state index contributed by atoms with van der Waals surface area (Å²) in [5.41, 5.74) is 2.69. The lowest BCUT2D eigenvalue weighted by atomic mass is 10.1. The molecule has 0 fully saturated rings. The van der Waals surface area contributed by atoms with Crippen LogP contribution >= 0.6 is 23.2 Å². The molecule has 0 aliphatic rings. The third-order valence-electron chi connectivity index (χ3n) is 4.92. The monoisotopic (exact) mass is 445 g/mol. The molecule has 1 heterocycles. The largest absolute Gasteiger partial charge is 0.479 e. The zero-order chi connectivity index (χ0) is 21.8. The maximum Gasteiger partial charge on any atom is 0.265 e. The van der Waals surface area contributed by atoms with Crippen LogP contribution in [0.25, 0.3) is 10.9 Å². The van der Waals surface area contributed by atoms with Crippen LogP contribution in [0.3, 0.4) is 0 Å². The molecule has 0 aliphatic carbocycles. The maximum absolute atomic E-state index is 12.6. The van der Waals surface area contributed by atoms with Crippen molar-refractivity contribution in [1.29, 1.82) is 0 Å². The molecule has 30 heavy (non-hydrogen) atoms. The summed E-state index contributed by atoms with van der Waals surface area (Å²) in [4.78, 5) is 19.6. The summed E-state index contributed by atoms with van der Waals surface area (Å²) in [5, 5.41) is 4.77. The summed E-state index contributed by atoms with van der Waals surface area (Å²) in [6.45, 7) is 9.76. The zero-order valence-electron chi connectivity index (χ0n) is 17.5. The number of hydrogen-bond donors (Lipinski definition) is 1. The minimum absolute atomic E-state index is 0.272. The number of nitrogens with zero attached hydrogens (tertiary/aromatic N) is 2. The van der Waals surface area contributed by atoms with Gasteiger partial charge < -0.3 is 15.0 Å². The van der Waals surface area contributed by atoms with Gasteiger partial charge in [0.1, 0.15) is 11.6 Å². The maximum atomic E-state index is 12.6. The Morgan fingerprint density at radius 3 is 2.53 bits per heavy atom. The number of benzene rings is 2. The summed E-state index contributed by atoms with van der Waals surface area (Å²) in [7, 11) is 0. The Kier molecular flexibility index (Phi) is 7.06. The van der Waals surface area contributed by atoms with Crippen molar-refractivity contribution >= 4 is 51.5 Å². The normalized spacial score (nSPS) is 11.9. The van der Waals surface area contributed by atoms with Crippen LogP contribution in [0.1, 0.15) is 26.3 Å². The van der Waals surface area contributed by atoms with Crippen molar-refractivity contribution < 1.29 is 9.53 Å². The van der Waals surface area contributed by atoms with E-state index in [1.807, 2.05) is 18.2 Å². The average Bonchev–Trinajstić information content (AvgIpc) is 2.71. The second kappa shape index (κ2) is 9.54. The zero-order valence-corrected chi connectivity index (χ0v) is 19.0. The van der Waals surface area contributed by atoms with Gasteiger partial charge in [-0.05, 0) is 75.7 Å². The van der Waals surface area contributed by atoms with Gasteiger partial charge in [-0.15, -0.1) is 0 Å². The van der Waals surface area contributed by atoms with E-state index in [0.717, 1.165) is 35.4 Å². The van der Waals surface area contributed by atoms with Gasteiger partial charge in [-0.3, -0.25) is 4.79 Å². The number of rotatable bonds is 7. The van der Waals surface area contributed by atoms with Gasteiger partial charge in [0, 0.05) is 29.2 Å². The molecule has 0 radical (unpaired) electrons. The van der Waals surface area contributed by atoms with E-state index in [1.165, 1.54) is 0 Å². The summed E-state index contributed by atoms with van der Waals surface area (Å²) >= 11 is 12.0. The van der Waals surface area contributed by atoms with Crippen molar-refractivity contribution in [2.24, 2.45) is 0 Å². The molecule has 0 saturated carbocycles. The van der Waals surface area contributed by atoms with Crippen molar-refractivity contribution in [3.05, 3.63) is 58.1 Å². The van der Waals surface area contributed by atoms with E-state index in [0.29, 0.717) is 21.5 Å². The van der Waals surface area contributed by atoms with Crippen LogP contribution in [0.2, 0.25) is 10.0 Å². The van der Waals surface area contributed by atoms with E-state index in [4.69, 9.17) is 32.9 Å². The number of ether oxygens (including phenoxy) is 1. The van der Waals surface area contributed by atoms with Gasteiger partial charge in [-0.1, -0.05) is 23.2 Å². The van der Waals surface area contributed by atoms with Crippen molar-refractivity contribution in [3.8, 4) is 5.75 Å². The highest BCUT2D eigenvalue weighted by Gasteiger charge is 2.17. The van der Waals surface area contributed by atoms with Crippen molar-refractivity contribution in [1.82, 2.24) is 4.98 Å².